The first-order valence-electron chi connectivity index (χ1n) is 11.1. The van der Waals surface area contributed by atoms with Gasteiger partial charge >= 0.3 is 0 Å². The predicted octanol–water partition coefficient (Wildman–Crippen LogP) is 4.72. The Morgan fingerprint density at radius 3 is 2.91 bits per heavy atom. The number of carbonyl (C=O) groups excluding carboxylic acids is 1. The van der Waals surface area contributed by atoms with E-state index in [1.165, 1.54) is 0 Å². The number of hydrogen-bond acceptors (Lipinski definition) is 4. The summed E-state index contributed by atoms with van der Waals surface area (Å²) in [7, 11) is 1.66. The minimum Gasteiger partial charge on any atom is -0.495 e. The van der Waals surface area contributed by atoms with Gasteiger partial charge in [-0.2, -0.15) is 0 Å². The first-order chi connectivity index (χ1) is 15.6. The zero-order chi connectivity index (χ0) is 22.1. The van der Waals surface area contributed by atoms with Gasteiger partial charge in [-0.3, -0.25) is 4.79 Å². The second-order valence-electron chi connectivity index (χ2n) is 8.32. The van der Waals surface area contributed by atoms with Crippen LogP contribution in [0.15, 0.2) is 60.6 Å². The summed E-state index contributed by atoms with van der Waals surface area (Å²) < 4.78 is 13.4. The molecule has 164 valence electrons. The molecule has 32 heavy (non-hydrogen) atoms. The van der Waals surface area contributed by atoms with Crippen molar-refractivity contribution >= 4 is 12.0 Å². The van der Waals surface area contributed by atoms with E-state index in [2.05, 4.69) is 11.1 Å². The number of para-hydroxylation sites is 1. The Morgan fingerprint density at radius 1 is 1.22 bits per heavy atom. The highest BCUT2D eigenvalue weighted by molar-refractivity contribution is 5.99. The molecule has 0 bridgehead atoms. The van der Waals surface area contributed by atoms with Gasteiger partial charge in [0.05, 0.1) is 37.5 Å². The maximum Gasteiger partial charge on any atom is 0.250 e. The molecule has 1 fully saturated rings. The molecule has 2 aliphatic heterocycles. The lowest BCUT2D eigenvalue weighted by molar-refractivity contribution is -0.131. The van der Waals surface area contributed by atoms with Crippen LogP contribution >= 0.6 is 0 Å². The van der Waals surface area contributed by atoms with Crippen molar-refractivity contribution in [2.75, 3.05) is 20.3 Å². The Kier molecular flexibility index (Phi) is 5.43. The minimum atomic E-state index is 0.0672. The third-order valence-corrected chi connectivity index (χ3v) is 6.22. The number of aryl methyl sites for hydroxylation is 1. The molecule has 0 N–H and O–H groups in total. The maximum absolute atomic E-state index is 13.5. The third kappa shape index (κ3) is 3.77. The molecule has 1 amide bonds. The third-order valence-electron chi connectivity index (χ3n) is 6.22. The van der Waals surface area contributed by atoms with Crippen molar-refractivity contribution in [3.8, 4) is 17.2 Å². The molecule has 2 aliphatic rings. The number of amides is 1. The Balaban J connectivity index is 1.43. The van der Waals surface area contributed by atoms with Gasteiger partial charge in [0.2, 0.25) is 5.91 Å². The Hall–Kier alpha value is -3.54. The molecule has 3 aromatic rings. The van der Waals surface area contributed by atoms with Crippen LogP contribution in [0.3, 0.4) is 0 Å². The highest BCUT2D eigenvalue weighted by Gasteiger charge is 2.33. The van der Waals surface area contributed by atoms with E-state index < -0.39 is 0 Å². The van der Waals surface area contributed by atoms with E-state index in [1.54, 1.807) is 13.4 Å². The van der Waals surface area contributed by atoms with Crippen LogP contribution in [0, 0.1) is 6.92 Å². The summed E-state index contributed by atoms with van der Waals surface area (Å²) in [6.45, 7) is 3.37. The topological polar surface area (TPSA) is 56.6 Å². The first kappa shape index (κ1) is 20.4. The van der Waals surface area contributed by atoms with Crippen LogP contribution < -0.4 is 9.47 Å². The lowest BCUT2D eigenvalue weighted by atomic mass is 9.94. The van der Waals surface area contributed by atoms with Gasteiger partial charge in [-0.25, -0.2) is 4.98 Å². The van der Waals surface area contributed by atoms with Crippen LogP contribution in [0.2, 0.25) is 0 Å². The molecule has 0 spiro atoms. The molecule has 1 aromatic heterocycles. The van der Waals surface area contributed by atoms with E-state index in [-0.39, 0.29) is 11.9 Å². The first-order valence-corrected chi connectivity index (χ1v) is 11.1. The monoisotopic (exact) mass is 429 g/mol. The summed E-state index contributed by atoms with van der Waals surface area (Å²) in [6, 6.07) is 14.1. The fraction of sp³-hybridized carbons (Fsp3) is 0.308. The smallest absolute Gasteiger partial charge is 0.250 e. The number of likely N-dealkylation sites (tertiary alicyclic amines) is 1. The van der Waals surface area contributed by atoms with Crippen LogP contribution in [-0.4, -0.2) is 40.6 Å². The van der Waals surface area contributed by atoms with Gasteiger partial charge in [-0.05, 0) is 49.6 Å². The SMILES string of the molecule is COc1cc(/C=C2\CCCN([C@H]3CCOc4ccccc43)C2=O)ccc1-n1cnc(C)c1. The summed E-state index contributed by atoms with van der Waals surface area (Å²) in [4.78, 5) is 19.8. The molecule has 0 saturated carbocycles. The fourth-order valence-electron chi connectivity index (χ4n) is 4.66. The summed E-state index contributed by atoms with van der Waals surface area (Å²) in [6.07, 6.45) is 8.31. The highest BCUT2D eigenvalue weighted by Crippen LogP contribution is 2.38. The van der Waals surface area contributed by atoms with Crippen molar-refractivity contribution in [3.05, 3.63) is 77.4 Å². The normalized spacial score (nSPS) is 19.6. The van der Waals surface area contributed by atoms with Gasteiger partial charge in [0.25, 0.3) is 0 Å². The molecule has 5 rings (SSSR count). The number of aromatic nitrogens is 2. The molecular formula is C26H27N3O3. The van der Waals surface area contributed by atoms with Crippen molar-refractivity contribution < 1.29 is 14.3 Å². The number of nitrogens with zero attached hydrogens (tertiary/aromatic N) is 3. The van der Waals surface area contributed by atoms with Crippen LogP contribution in [0.5, 0.6) is 11.5 Å². The van der Waals surface area contributed by atoms with E-state index in [1.807, 2.05) is 65.1 Å². The average molecular weight is 430 g/mol. The van der Waals surface area contributed by atoms with Gasteiger partial charge in [-0.15, -0.1) is 0 Å². The van der Waals surface area contributed by atoms with Crippen LogP contribution in [-0.2, 0) is 4.79 Å². The van der Waals surface area contributed by atoms with Crippen LogP contribution in [0.4, 0.5) is 0 Å². The number of fused-ring (bicyclic) bond motifs is 1. The average Bonchev–Trinajstić information content (AvgIpc) is 3.26. The van der Waals surface area contributed by atoms with Crippen molar-refractivity contribution in [3.63, 3.8) is 0 Å². The summed E-state index contributed by atoms with van der Waals surface area (Å²) in [5, 5.41) is 0. The number of imidazole rings is 1. The van der Waals surface area contributed by atoms with E-state index in [4.69, 9.17) is 9.47 Å². The zero-order valence-electron chi connectivity index (χ0n) is 18.5. The number of ether oxygens (including phenoxy) is 2. The van der Waals surface area contributed by atoms with Gasteiger partial charge in [-0.1, -0.05) is 24.3 Å². The molecule has 6 heteroatoms. The Labute approximate surface area is 188 Å². The Morgan fingerprint density at radius 2 is 2.09 bits per heavy atom. The molecule has 3 heterocycles. The quantitative estimate of drug-likeness (QED) is 0.563. The van der Waals surface area contributed by atoms with Gasteiger partial charge in [0, 0.05) is 30.3 Å². The lowest BCUT2D eigenvalue weighted by Gasteiger charge is -2.38. The fourth-order valence-corrected chi connectivity index (χ4v) is 4.66. The number of rotatable bonds is 4. The summed E-state index contributed by atoms with van der Waals surface area (Å²) >= 11 is 0. The molecule has 1 saturated heterocycles. The molecular weight excluding hydrogens is 402 g/mol. The summed E-state index contributed by atoms with van der Waals surface area (Å²) in [5.74, 6) is 1.75. The minimum absolute atomic E-state index is 0.0672. The lowest BCUT2D eigenvalue weighted by Crippen LogP contribution is -2.41. The van der Waals surface area contributed by atoms with Gasteiger partial charge in [0.1, 0.15) is 11.5 Å². The standard InChI is InChI=1S/C26H27N3O3/c1-18-16-28(17-27-18)23-10-9-19(15-25(23)31-2)14-20-6-5-12-29(26(20)30)22-11-13-32-24-8-4-3-7-21(22)24/h3-4,7-10,14-17,22H,5-6,11-13H2,1-2H3/b20-14+/t22-/m0/s1. The second kappa shape index (κ2) is 8.54. The van der Waals surface area contributed by atoms with Crippen molar-refractivity contribution in [2.45, 2.75) is 32.2 Å². The van der Waals surface area contributed by atoms with Crippen LogP contribution in [0.1, 0.15) is 42.1 Å². The zero-order valence-corrected chi connectivity index (χ0v) is 18.5. The number of carbonyl (C=O) groups is 1. The number of benzene rings is 2. The number of methoxy groups -OCH3 is 1. The van der Waals surface area contributed by atoms with Crippen molar-refractivity contribution in [2.24, 2.45) is 0 Å². The van der Waals surface area contributed by atoms with E-state index >= 15 is 0 Å². The maximum atomic E-state index is 13.5. The molecule has 0 radical (unpaired) electrons. The van der Waals surface area contributed by atoms with Crippen molar-refractivity contribution in [1.82, 2.24) is 14.5 Å². The molecule has 2 aromatic carbocycles. The predicted molar refractivity (Wildman–Crippen MR) is 123 cm³/mol. The number of piperidine rings is 1. The number of hydrogen-bond donors (Lipinski definition) is 0. The van der Waals surface area contributed by atoms with E-state index in [0.717, 1.165) is 65.4 Å². The van der Waals surface area contributed by atoms with E-state index in [0.29, 0.717) is 6.61 Å². The molecule has 0 aliphatic carbocycles. The van der Waals surface area contributed by atoms with Gasteiger partial charge < -0.3 is 18.9 Å². The largest absolute Gasteiger partial charge is 0.495 e. The molecule has 1 atom stereocenters. The second-order valence-corrected chi connectivity index (χ2v) is 8.32. The van der Waals surface area contributed by atoms with Gasteiger partial charge in [0.15, 0.2) is 0 Å². The van der Waals surface area contributed by atoms with Crippen LogP contribution in [0.25, 0.3) is 11.8 Å². The molecule has 0 unspecified atom stereocenters. The highest BCUT2D eigenvalue weighted by atomic mass is 16.5. The van der Waals surface area contributed by atoms with Crippen molar-refractivity contribution in [1.29, 1.82) is 0 Å². The summed E-state index contributed by atoms with van der Waals surface area (Å²) in [5.41, 5.74) is 4.77. The Bertz CT molecular complexity index is 1180. The van der Waals surface area contributed by atoms with E-state index in [9.17, 15) is 4.79 Å². The molecule has 6 nitrogen and oxygen atoms in total.